The Hall–Kier alpha value is -3.73. The Morgan fingerprint density at radius 2 is 1.58 bits per heavy atom. The molecule has 0 atom stereocenters. The van der Waals surface area contributed by atoms with E-state index in [-0.39, 0.29) is 22.9 Å². The second-order valence-electron chi connectivity index (χ2n) is 6.91. The molecule has 3 aromatic carbocycles. The minimum absolute atomic E-state index is 0.108. The summed E-state index contributed by atoms with van der Waals surface area (Å²) in [6.45, 7) is 0.108. The Morgan fingerprint density at radius 1 is 0.970 bits per heavy atom. The zero-order valence-corrected chi connectivity index (χ0v) is 17.9. The minimum atomic E-state index is -4.77. The molecule has 0 saturated carbocycles. The number of phenols is 1. The molecule has 174 valence electrons. The number of ether oxygens (including phenoxy) is 2. The lowest BCUT2D eigenvalue weighted by molar-refractivity contribution is -0.274. The van der Waals surface area contributed by atoms with Crippen molar-refractivity contribution in [2.45, 2.75) is 17.9 Å². The molecule has 0 bridgehead atoms. The summed E-state index contributed by atoms with van der Waals surface area (Å²) in [5.74, 6) is -0.932. The maximum absolute atomic E-state index is 12.4. The van der Waals surface area contributed by atoms with E-state index in [1.807, 2.05) is 0 Å². The van der Waals surface area contributed by atoms with Crippen molar-refractivity contribution in [3.8, 4) is 17.2 Å². The first-order valence-corrected chi connectivity index (χ1v) is 11.2. The third-order valence-electron chi connectivity index (χ3n) is 4.30. The number of carbonyl (C=O) groups is 1. The summed E-state index contributed by atoms with van der Waals surface area (Å²) >= 11 is 0. The van der Waals surface area contributed by atoms with Crippen LogP contribution in [0.3, 0.4) is 0 Å². The van der Waals surface area contributed by atoms with Gasteiger partial charge in [0.1, 0.15) is 28.8 Å². The second-order valence-corrected chi connectivity index (χ2v) is 8.90. The van der Waals surface area contributed by atoms with Gasteiger partial charge in [-0.25, -0.2) is 8.42 Å². The van der Waals surface area contributed by atoms with Crippen LogP contribution < -0.4 is 14.8 Å². The monoisotopic (exact) mass is 481 g/mol. The number of halogens is 3. The minimum Gasteiger partial charge on any atom is -0.507 e. The standard InChI is InChI=1S/C22H18F3NO6S/c1-33(29,30)20-12-16(6-11-19(20)27)26-21(28)15-4-2-14(3-5-15)13-31-17-7-9-18(10-8-17)32-22(23,24)25/h2-12,27H,13H2,1H3,(H,26,28). The number of aromatic hydroxyl groups is 1. The molecular formula is C22H18F3NO6S. The van der Waals surface area contributed by atoms with E-state index in [1.165, 1.54) is 36.4 Å². The van der Waals surface area contributed by atoms with Crippen LogP contribution in [0.2, 0.25) is 0 Å². The van der Waals surface area contributed by atoms with Gasteiger partial charge in [0.05, 0.1) is 0 Å². The Kier molecular flexibility index (Phi) is 6.82. The van der Waals surface area contributed by atoms with Gasteiger partial charge in [-0.05, 0) is 60.2 Å². The molecule has 2 N–H and O–H groups in total. The number of anilines is 1. The van der Waals surface area contributed by atoms with Crippen molar-refractivity contribution in [3.63, 3.8) is 0 Å². The first-order chi connectivity index (χ1) is 15.4. The number of benzene rings is 3. The molecule has 0 heterocycles. The molecule has 11 heteroatoms. The molecule has 0 unspecified atom stereocenters. The number of hydrogen-bond acceptors (Lipinski definition) is 6. The quantitative estimate of drug-likeness (QED) is 0.481. The van der Waals surface area contributed by atoms with Crippen LogP contribution in [0.5, 0.6) is 17.2 Å². The van der Waals surface area contributed by atoms with Crippen LogP contribution in [0.4, 0.5) is 18.9 Å². The van der Waals surface area contributed by atoms with Gasteiger partial charge in [-0.1, -0.05) is 12.1 Å². The maximum Gasteiger partial charge on any atom is 0.573 e. The number of rotatable bonds is 7. The second kappa shape index (κ2) is 9.41. The van der Waals surface area contributed by atoms with E-state index in [2.05, 4.69) is 10.1 Å². The highest BCUT2D eigenvalue weighted by molar-refractivity contribution is 7.90. The Balaban J connectivity index is 1.59. The number of sulfone groups is 1. The van der Waals surface area contributed by atoms with Crippen molar-refractivity contribution in [2.75, 3.05) is 11.6 Å². The largest absolute Gasteiger partial charge is 0.573 e. The van der Waals surface area contributed by atoms with Gasteiger partial charge in [0.15, 0.2) is 9.84 Å². The van der Waals surface area contributed by atoms with Crippen LogP contribution in [0.15, 0.2) is 71.6 Å². The lowest BCUT2D eigenvalue weighted by atomic mass is 10.1. The third-order valence-corrected chi connectivity index (χ3v) is 5.42. The molecule has 3 rings (SSSR count). The van der Waals surface area contributed by atoms with Crippen molar-refractivity contribution in [1.82, 2.24) is 0 Å². The highest BCUT2D eigenvalue weighted by Gasteiger charge is 2.31. The highest BCUT2D eigenvalue weighted by Crippen LogP contribution is 2.27. The van der Waals surface area contributed by atoms with E-state index in [9.17, 15) is 31.5 Å². The normalized spacial score (nSPS) is 11.6. The third kappa shape index (κ3) is 6.88. The van der Waals surface area contributed by atoms with Crippen LogP contribution in [0.1, 0.15) is 15.9 Å². The summed E-state index contributed by atoms with van der Waals surface area (Å²) in [6.07, 6.45) is -3.83. The molecule has 3 aromatic rings. The topological polar surface area (TPSA) is 102 Å². The van der Waals surface area contributed by atoms with Gasteiger partial charge in [0, 0.05) is 17.5 Å². The van der Waals surface area contributed by atoms with Crippen LogP contribution in [-0.4, -0.2) is 32.0 Å². The molecular weight excluding hydrogens is 463 g/mol. The van der Waals surface area contributed by atoms with Crippen LogP contribution in [-0.2, 0) is 16.4 Å². The molecule has 0 spiro atoms. The van der Waals surface area contributed by atoms with E-state index in [0.717, 1.165) is 24.5 Å². The molecule has 1 amide bonds. The van der Waals surface area contributed by atoms with Gasteiger partial charge in [-0.2, -0.15) is 0 Å². The van der Waals surface area contributed by atoms with Gasteiger partial charge < -0.3 is 19.9 Å². The van der Waals surface area contributed by atoms with Crippen molar-refractivity contribution in [3.05, 3.63) is 77.9 Å². The molecule has 0 aromatic heterocycles. The van der Waals surface area contributed by atoms with Gasteiger partial charge >= 0.3 is 6.36 Å². The summed E-state index contributed by atoms with van der Waals surface area (Å²) < 4.78 is 69.3. The Labute approximate surface area is 187 Å². The molecule has 0 radical (unpaired) electrons. The van der Waals surface area contributed by atoms with Gasteiger partial charge in [0.25, 0.3) is 5.91 Å². The van der Waals surface area contributed by atoms with E-state index < -0.39 is 27.9 Å². The summed E-state index contributed by atoms with van der Waals surface area (Å²) in [5.41, 5.74) is 1.19. The van der Waals surface area contributed by atoms with Crippen LogP contribution in [0, 0.1) is 0 Å². The van der Waals surface area contributed by atoms with Crippen molar-refractivity contribution in [1.29, 1.82) is 0 Å². The summed E-state index contributed by atoms with van der Waals surface area (Å²) in [5, 5.41) is 12.2. The lowest BCUT2D eigenvalue weighted by Gasteiger charge is -2.11. The number of amides is 1. The molecule has 0 aliphatic heterocycles. The zero-order valence-electron chi connectivity index (χ0n) is 17.1. The molecule has 0 saturated heterocycles. The average molecular weight is 481 g/mol. The van der Waals surface area contributed by atoms with E-state index in [4.69, 9.17) is 4.74 Å². The zero-order chi connectivity index (χ0) is 24.2. The van der Waals surface area contributed by atoms with Crippen LogP contribution >= 0.6 is 0 Å². The van der Waals surface area contributed by atoms with Crippen molar-refractivity contribution in [2.24, 2.45) is 0 Å². The summed E-state index contributed by atoms with van der Waals surface area (Å²) in [4.78, 5) is 12.1. The highest BCUT2D eigenvalue weighted by atomic mass is 32.2. The van der Waals surface area contributed by atoms with E-state index in [0.29, 0.717) is 16.9 Å². The van der Waals surface area contributed by atoms with Crippen molar-refractivity contribution < 1.29 is 41.0 Å². The summed E-state index contributed by atoms with van der Waals surface area (Å²) in [6, 6.07) is 15.0. The number of phenolic OH excluding ortho intramolecular Hbond substituents is 1. The van der Waals surface area contributed by atoms with Crippen LogP contribution in [0.25, 0.3) is 0 Å². The molecule has 33 heavy (non-hydrogen) atoms. The number of hydrogen-bond donors (Lipinski definition) is 2. The summed E-state index contributed by atoms with van der Waals surface area (Å²) in [7, 11) is -3.67. The smallest absolute Gasteiger partial charge is 0.507 e. The molecule has 0 aliphatic carbocycles. The number of nitrogens with one attached hydrogen (secondary N) is 1. The first kappa shape index (κ1) is 23.9. The lowest BCUT2D eigenvalue weighted by Crippen LogP contribution is -2.16. The fourth-order valence-corrected chi connectivity index (χ4v) is 3.54. The average Bonchev–Trinajstić information content (AvgIpc) is 2.73. The first-order valence-electron chi connectivity index (χ1n) is 9.33. The number of alkyl halides is 3. The van der Waals surface area contributed by atoms with Gasteiger partial charge in [-0.15, -0.1) is 13.2 Å². The number of carbonyl (C=O) groups excluding carboxylic acids is 1. The predicted molar refractivity (Wildman–Crippen MR) is 113 cm³/mol. The molecule has 0 fully saturated rings. The van der Waals surface area contributed by atoms with E-state index >= 15 is 0 Å². The van der Waals surface area contributed by atoms with Crippen molar-refractivity contribution >= 4 is 21.4 Å². The van der Waals surface area contributed by atoms with Gasteiger partial charge in [-0.3, -0.25) is 4.79 Å². The maximum atomic E-state index is 12.4. The molecule has 7 nitrogen and oxygen atoms in total. The SMILES string of the molecule is CS(=O)(=O)c1cc(NC(=O)c2ccc(COc3ccc(OC(F)(F)F)cc3)cc2)ccc1O. The fourth-order valence-electron chi connectivity index (χ4n) is 2.75. The van der Waals surface area contributed by atoms with Gasteiger partial charge in [0.2, 0.25) is 0 Å². The predicted octanol–water partition coefficient (Wildman–Crippen LogP) is 4.53. The Bertz CT molecular complexity index is 1240. The Morgan fingerprint density at radius 3 is 2.15 bits per heavy atom. The fraction of sp³-hybridized carbons (Fsp3) is 0.136. The molecule has 0 aliphatic rings. The van der Waals surface area contributed by atoms with E-state index in [1.54, 1.807) is 12.1 Å².